The van der Waals surface area contributed by atoms with Gasteiger partial charge in [0.2, 0.25) is 11.8 Å². The van der Waals surface area contributed by atoms with E-state index in [1.54, 1.807) is 0 Å². The Bertz CT molecular complexity index is 574. The minimum absolute atomic E-state index is 0.250. The van der Waals surface area contributed by atoms with Crippen molar-refractivity contribution in [3.05, 3.63) is 40.5 Å². The van der Waals surface area contributed by atoms with Gasteiger partial charge in [0, 0.05) is 0 Å². The van der Waals surface area contributed by atoms with Crippen LogP contribution in [-0.4, -0.2) is 9.97 Å². The number of hydrogen-bond donors (Lipinski definition) is 2. The molecule has 0 amide bonds. The lowest BCUT2D eigenvalue weighted by atomic mass is 10.1. The molecular weight excluding hydrogens is 252 g/mol. The van der Waals surface area contributed by atoms with Crippen LogP contribution >= 0.6 is 11.6 Å². The number of nitrogens with one attached hydrogen (secondary N) is 1. The van der Waals surface area contributed by atoms with Gasteiger partial charge in [-0.05, 0) is 31.0 Å². The molecular formula is C12H13ClN4O. The Labute approximate surface area is 110 Å². The predicted octanol–water partition coefficient (Wildman–Crippen LogP) is 2.82. The Morgan fingerprint density at radius 2 is 2.11 bits per heavy atom. The van der Waals surface area contributed by atoms with Gasteiger partial charge in [-0.1, -0.05) is 23.7 Å². The monoisotopic (exact) mass is 264 g/mol. The van der Waals surface area contributed by atoms with Gasteiger partial charge in [-0.15, -0.1) is 0 Å². The molecule has 0 bridgehead atoms. The van der Waals surface area contributed by atoms with Crippen LogP contribution in [-0.2, 0) is 0 Å². The van der Waals surface area contributed by atoms with E-state index in [0.717, 1.165) is 11.1 Å². The Balaban J connectivity index is 2.36. The highest BCUT2D eigenvalue weighted by Crippen LogP contribution is 2.29. The maximum absolute atomic E-state index is 5.98. The average Bonchev–Trinajstić information content (AvgIpc) is 2.36. The first-order valence-electron chi connectivity index (χ1n) is 5.34. The maximum Gasteiger partial charge on any atom is 0.243 e. The van der Waals surface area contributed by atoms with E-state index >= 15 is 0 Å². The molecule has 0 fully saturated rings. The second-order valence-electron chi connectivity index (χ2n) is 3.86. The predicted molar refractivity (Wildman–Crippen MR) is 70.8 cm³/mol. The van der Waals surface area contributed by atoms with Crippen molar-refractivity contribution in [1.29, 1.82) is 0 Å². The minimum Gasteiger partial charge on any atom is -0.437 e. The van der Waals surface area contributed by atoms with Gasteiger partial charge in [-0.25, -0.2) is 10.8 Å². The zero-order valence-corrected chi connectivity index (χ0v) is 10.8. The van der Waals surface area contributed by atoms with E-state index < -0.39 is 0 Å². The smallest absolute Gasteiger partial charge is 0.243 e. The minimum atomic E-state index is 0.250. The van der Waals surface area contributed by atoms with Crippen LogP contribution in [0.4, 0.5) is 5.95 Å². The van der Waals surface area contributed by atoms with Gasteiger partial charge in [0.15, 0.2) is 0 Å². The second kappa shape index (κ2) is 5.20. The lowest BCUT2D eigenvalue weighted by molar-refractivity contribution is 0.459. The van der Waals surface area contributed by atoms with Crippen LogP contribution in [0.15, 0.2) is 24.4 Å². The van der Waals surface area contributed by atoms with E-state index in [2.05, 4.69) is 15.4 Å². The number of hydrazine groups is 1. The molecule has 1 heterocycles. The number of ether oxygens (including phenoxy) is 1. The third-order valence-corrected chi connectivity index (χ3v) is 2.65. The summed E-state index contributed by atoms with van der Waals surface area (Å²) in [6.45, 7) is 3.94. The van der Waals surface area contributed by atoms with E-state index in [-0.39, 0.29) is 11.8 Å². The summed E-state index contributed by atoms with van der Waals surface area (Å²) in [6.07, 6.45) is 1.43. The van der Waals surface area contributed by atoms with Crippen LogP contribution in [0, 0.1) is 13.8 Å². The first kappa shape index (κ1) is 12.6. The van der Waals surface area contributed by atoms with Crippen LogP contribution in [0.25, 0.3) is 0 Å². The van der Waals surface area contributed by atoms with Gasteiger partial charge in [-0.3, -0.25) is 5.43 Å². The summed E-state index contributed by atoms with van der Waals surface area (Å²) in [4.78, 5) is 7.94. The number of nitrogens with two attached hydrogens (primary N) is 1. The van der Waals surface area contributed by atoms with Gasteiger partial charge in [0.1, 0.15) is 10.8 Å². The van der Waals surface area contributed by atoms with Gasteiger partial charge in [0.05, 0.1) is 6.20 Å². The highest BCUT2D eigenvalue weighted by Gasteiger charge is 2.09. The lowest BCUT2D eigenvalue weighted by Gasteiger charge is -2.10. The third-order valence-electron chi connectivity index (χ3n) is 2.39. The molecule has 2 aromatic rings. The number of anilines is 1. The Kier molecular flexibility index (Phi) is 3.64. The highest BCUT2D eigenvalue weighted by molar-refractivity contribution is 6.31. The van der Waals surface area contributed by atoms with Gasteiger partial charge in [0.25, 0.3) is 0 Å². The van der Waals surface area contributed by atoms with Crippen molar-refractivity contribution in [2.24, 2.45) is 5.84 Å². The number of rotatable bonds is 3. The number of benzene rings is 1. The Morgan fingerprint density at radius 3 is 2.83 bits per heavy atom. The first-order chi connectivity index (χ1) is 8.60. The zero-order chi connectivity index (χ0) is 13.1. The summed E-state index contributed by atoms with van der Waals surface area (Å²) >= 11 is 5.98. The highest BCUT2D eigenvalue weighted by atomic mass is 35.5. The number of nitrogens with zero attached hydrogens (tertiary/aromatic N) is 2. The molecule has 0 spiro atoms. The molecule has 0 atom stereocenters. The summed E-state index contributed by atoms with van der Waals surface area (Å²) < 4.78 is 5.68. The molecule has 0 saturated carbocycles. The Hall–Kier alpha value is -1.85. The summed E-state index contributed by atoms with van der Waals surface area (Å²) in [5, 5.41) is 0.329. The van der Waals surface area contributed by atoms with Crippen molar-refractivity contribution in [2.45, 2.75) is 13.8 Å². The van der Waals surface area contributed by atoms with Crippen LogP contribution in [0.5, 0.6) is 11.6 Å². The number of aromatic nitrogens is 2. The standard InChI is InChI=1S/C12H13ClN4O/c1-7-3-4-8(2)10(5-7)18-11-9(13)6-15-12(16-11)17-14/h3-6H,14H2,1-2H3,(H,15,16,17). The van der Waals surface area contributed by atoms with Crippen molar-refractivity contribution >= 4 is 17.5 Å². The molecule has 6 heteroatoms. The maximum atomic E-state index is 5.98. The largest absolute Gasteiger partial charge is 0.437 e. The normalized spacial score (nSPS) is 10.2. The van der Waals surface area contributed by atoms with Crippen molar-refractivity contribution in [1.82, 2.24) is 9.97 Å². The Morgan fingerprint density at radius 1 is 1.33 bits per heavy atom. The zero-order valence-electron chi connectivity index (χ0n) is 10.1. The van der Waals surface area contributed by atoms with E-state index in [4.69, 9.17) is 22.2 Å². The van der Waals surface area contributed by atoms with Crippen molar-refractivity contribution in [3.8, 4) is 11.6 Å². The molecule has 1 aromatic heterocycles. The number of aryl methyl sites for hydroxylation is 2. The molecule has 0 unspecified atom stereocenters. The molecule has 3 N–H and O–H groups in total. The molecule has 1 aromatic carbocycles. The van der Waals surface area contributed by atoms with Gasteiger partial charge < -0.3 is 4.74 Å². The third kappa shape index (κ3) is 2.69. The fraction of sp³-hybridized carbons (Fsp3) is 0.167. The van der Waals surface area contributed by atoms with E-state index in [1.807, 2.05) is 32.0 Å². The fourth-order valence-corrected chi connectivity index (χ4v) is 1.54. The van der Waals surface area contributed by atoms with Crippen molar-refractivity contribution < 1.29 is 4.74 Å². The fourth-order valence-electron chi connectivity index (χ4n) is 1.41. The van der Waals surface area contributed by atoms with Crippen molar-refractivity contribution in [2.75, 3.05) is 5.43 Å². The molecule has 0 aliphatic carbocycles. The summed E-state index contributed by atoms with van der Waals surface area (Å²) in [6, 6.07) is 5.90. The van der Waals surface area contributed by atoms with Crippen LogP contribution in [0.3, 0.4) is 0 Å². The van der Waals surface area contributed by atoms with E-state index in [9.17, 15) is 0 Å². The summed E-state index contributed by atoms with van der Waals surface area (Å²) in [5.41, 5.74) is 4.44. The topological polar surface area (TPSA) is 73.1 Å². The summed E-state index contributed by atoms with van der Waals surface area (Å²) in [7, 11) is 0. The second-order valence-corrected chi connectivity index (χ2v) is 4.27. The number of halogens is 1. The molecule has 0 radical (unpaired) electrons. The molecule has 2 rings (SSSR count). The van der Waals surface area contributed by atoms with Crippen LogP contribution in [0.1, 0.15) is 11.1 Å². The lowest BCUT2D eigenvalue weighted by Crippen LogP contribution is -2.10. The molecule has 5 nitrogen and oxygen atoms in total. The quantitative estimate of drug-likeness (QED) is 0.659. The average molecular weight is 265 g/mol. The van der Waals surface area contributed by atoms with Crippen LogP contribution in [0.2, 0.25) is 5.02 Å². The molecule has 0 aliphatic heterocycles. The summed E-state index contributed by atoms with van der Waals surface area (Å²) in [5.74, 6) is 6.47. The van der Waals surface area contributed by atoms with E-state index in [1.165, 1.54) is 6.20 Å². The number of nitrogen functional groups attached to an aromatic ring is 1. The van der Waals surface area contributed by atoms with Crippen molar-refractivity contribution in [3.63, 3.8) is 0 Å². The molecule has 18 heavy (non-hydrogen) atoms. The number of hydrogen-bond acceptors (Lipinski definition) is 5. The SMILES string of the molecule is Cc1ccc(C)c(Oc2nc(NN)ncc2Cl)c1. The van der Waals surface area contributed by atoms with Gasteiger partial charge >= 0.3 is 0 Å². The first-order valence-corrected chi connectivity index (χ1v) is 5.72. The van der Waals surface area contributed by atoms with Gasteiger partial charge in [-0.2, -0.15) is 4.98 Å². The molecule has 94 valence electrons. The van der Waals surface area contributed by atoms with Crippen LogP contribution < -0.4 is 16.0 Å². The molecule has 0 saturated heterocycles. The van der Waals surface area contributed by atoms with E-state index in [0.29, 0.717) is 10.8 Å². The molecule has 0 aliphatic rings.